The van der Waals surface area contributed by atoms with Crippen LogP contribution in [0.4, 0.5) is 0 Å². The molecule has 0 atom stereocenters. The smallest absolute Gasteiger partial charge is 0.234 e. The van der Waals surface area contributed by atoms with Crippen LogP contribution in [0.2, 0.25) is 0 Å². The van der Waals surface area contributed by atoms with Gasteiger partial charge in [-0.15, -0.1) is 11.3 Å². The van der Waals surface area contributed by atoms with Gasteiger partial charge in [0.05, 0.1) is 20.7 Å². The second-order valence-electron chi connectivity index (χ2n) is 4.56. The third-order valence-corrected chi connectivity index (χ3v) is 4.57. The molecule has 0 bridgehead atoms. The van der Waals surface area contributed by atoms with Crippen LogP contribution in [0.5, 0.6) is 0 Å². The molecule has 1 N–H and O–H groups in total. The van der Waals surface area contributed by atoms with Crippen molar-refractivity contribution >= 4 is 54.9 Å². The normalized spacial score (nSPS) is 11.1. The molecule has 0 radical (unpaired) electrons. The Morgan fingerprint density at radius 3 is 2.47 bits per heavy atom. The average Bonchev–Trinajstić information content (AvgIpc) is 2.55. The van der Waals surface area contributed by atoms with Gasteiger partial charge < -0.3 is 5.32 Å². The van der Waals surface area contributed by atoms with E-state index in [1.165, 1.54) is 11.3 Å². The Hall–Kier alpha value is -0.240. The molecule has 1 aromatic rings. The molecular weight excluding hydrogens is 396 g/mol. The molecule has 0 aliphatic heterocycles. The van der Waals surface area contributed by atoms with E-state index in [1.807, 2.05) is 13.8 Å². The van der Waals surface area contributed by atoms with Crippen LogP contribution < -0.4 is 5.32 Å². The van der Waals surface area contributed by atoms with Crippen LogP contribution in [0.25, 0.3) is 0 Å². The number of halogens is 2. The lowest BCUT2D eigenvalue weighted by Gasteiger charge is -2.16. The first-order valence-electron chi connectivity index (χ1n) is 5.75. The number of ketones is 1. The number of rotatable bonds is 6. The molecule has 19 heavy (non-hydrogen) atoms. The highest BCUT2D eigenvalue weighted by atomic mass is 79.9. The number of carbonyl (C=O) groups is 2. The average molecular weight is 412 g/mol. The molecule has 0 saturated heterocycles. The van der Waals surface area contributed by atoms with E-state index in [1.54, 1.807) is 18.0 Å². The summed E-state index contributed by atoms with van der Waals surface area (Å²) in [5.74, 6) is -0.0791. The van der Waals surface area contributed by atoms with E-state index in [0.717, 1.165) is 7.57 Å². The lowest BCUT2D eigenvalue weighted by atomic mass is 10.2. The van der Waals surface area contributed by atoms with Crippen molar-refractivity contribution in [3.05, 3.63) is 19.2 Å². The van der Waals surface area contributed by atoms with Gasteiger partial charge in [-0.1, -0.05) is 0 Å². The summed E-state index contributed by atoms with van der Waals surface area (Å²) in [6, 6.07) is 1.90. The Morgan fingerprint density at radius 2 is 2.00 bits per heavy atom. The lowest BCUT2D eigenvalue weighted by Crippen LogP contribution is -2.40. The monoisotopic (exact) mass is 410 g/mol. The summed E-state index contributed by atoms with van der Waals surface area (Å²) in [5, 5.41) is 2.80. The predicted octanol–water partition coefficient (Wildman–Crippen LogP) is 2.91. The second kappa shape index (κ2) is 7.52. The van der Waals surface area contributed by atoms with Gasteiger partial charge in [-0.25, -0.2) is 0 Å². The number of thiophene rings is 1. The van der Waals surface area contributed by atoms with Crippen molar-refractivity contribution < 1.29 is 9.59 Å². The predicted molar refractivity (Wildman–Crippen MR) is 84.8 cm³/mol. The fraction of sp³-hybridized carbons (Fsp3) is 0.500. The van der Waals surface area contributed by atoms with Crippen molar-refractivity contribution in [1.82, 2.24) is 10.2 Å². The minimum Gasteiger partial charge on any atom is -0.353 e. The first-order valence-corrected chi connectivity index (χ1v) is 8.15. The number of likely N-dealkylation sites (N-methyl/N-ethyl adjacent to an activating group) is 1. The molecule has 4 nitrogen and oxygen atoms in total. The SMILES string of the molecule is CC(C)NC(=O)CN(C)CC(=O)c1cc(Br)sc1Br. The van der Waals surface area contributed by atoms with Crippen molar-refractivity contribution in [2.75, 3.05) is 20.1 Å². The number of hydrogen-bond donors (Lipinski definition) is 1. The second-order valence-corrected chi connectivity index (χ2v) is 8.30. The zero-order valence-electron chi connectivity index (χ0n) is 11.0. The molecule has 1 aromatic heterocycles. The van der Waals surface area contributed by atoms with E-state index in [2.05, 4.69) is 37.2 Å². The summed E-state index contributed by atoms with van der Waals surface area (Å²) in [7, 11) is 1.76. The zero-order valence-corrected chi connectivity index (χ0v) is 15.0. The van der Waals surface area contributed by atoms with E-state index >= 15 is 0 Å². The first kappa shape index (κ1) is 16.8. The number of hydrogen-bond acceptors (Lipinski definition) is 4. The Bertz CT molecular complexity index is 474. The third kappa shape index (κ3) is 5.72. The van der Waals surface area contributed by atoms with Gasteiger partial charge in [-0.05, 0) is 58.8 Å². The van der Waals surface area contributed by atoms with Crippen LogP contribution in [0.1, 0.15) is 24.2 Å². The van der Waals surface area contributed by atoms with Crippen molar-refractivity contribution in [3.8, 4) is 0 Å². The molecule has 106 valence electrons. The maximum atomic E-state index is 12.1. The highest BCUT2D eigenvalue weighted by molar-refractivity contribution is 9.12. The van der Waals surface area contributed by atoms with Crippen molar-refractivity contribution in [2.24, 2.45) is 0 Å². The fourth-order valence-electron chi connectivity index (χ4n) is 1.53. The van der Waals surface area contributed by atoms with Crippen LogP contribution in [-0.4, -0.2) is 42.8 Å². The number of carbonyl (C=O) groups excluding carboxylic acids is 2. The lowest BCUT2D eigenvalue weighted by molar-refractivity contribution is -0.122. The molecule has 1 amide bonds. The van der Waals surface area contributed by atoms with E-state index in [0.29, 0.717) is 5.56 Å². The van der Waals surface area contributed by atoms with Crippen LogP contribution in [0, 0.1) is 0 Å². The molecule has 0 unspecified atom stereocenters. The minimum absolute atomic E-state index is 0.00586. The highest BCUT2D eigenvalue weighted by Crippen LogP contribution is 2.32. The first-order chi connectivity index (χ1) is 8.79. The zero-order chi connectivity index (χ0) is 14.6. The van der Waals surface area contributed by atoms with Gasteiger partial charge in [-0.2, -0.15) is 0 Å². The highest BCUT2D eigenvalue weighted by Gasteiger charge is 2.17. The van der Waals surface area contributed by atoms with Gasteiger partial charge in [0.1, 0.15) is 0 Å². The van der Waals surface area contributed by atoms with Gasteiger partial charge in [0.2, 0.25) is 5.91 Å². The van der Waals surface area contributed by atoms with Crippen LogP contribution >= 0.6 is 43.2 Å². The molecule has 0 aromatic carbocycles. The molecule has 0 spiro atoms. The Balaban J connectivity index is 2.53. The molecule has 0 aliphatic carbocycles. The summed E-state index contributed by atoms with van der Waals surface area (Å²) in [6.45, 7) is 4.24. The van der Waals surface area contributed by atoms with E-state index in [-0.39, 0.29) is 30.8 Å². The summed E-state index contributed by atoms with van der Waals surface area (Å²) in [6.07, 6.45) is 0. The maximum Gasteiger partial charge on any atom is 0.234 e. The summed E-state index contributed by atoms with van der Waals surface area (Å²) < 4.78 is 1.72. The van der Waals surface area contributed by atoms with E-state index in [9.17, 15) is 9.59 Å². The largest absolute Gasteiger partial charge is 0.353 e. The van der Waals surface area contributed by atoms with Crippen molar-refractivity contribution in [2.45, 2.75) is 19.9 Å². The number of Topliss-reactive ketones (excluding diaryl/α,β-unsaturated/α-hetero) is 1. The van der Waals surface area contributed by atoms with Crippen LogP contribution in [0.3, 0.4) is 0 Å². The van der Waals surface area contributed by atoms with Gasteiger partial charge in [0, 0.05) is 11.6 Å². The Kier molecular flexibility index (Phi) is 6.65. The quantitative estimate of drug-likeness (QED) is 0.732. The molecule has 1 heterocycles. The standard InChI is InChI=1S/C12H16Br2N2O2S/c1-7(2)15-11(18)6-16(3)5-9(17)8-4-10(13)19-12(8)14/h4,7H,5-6H2,1-3H3,(H,15,18). The number of nitrogens with one attached hydrogen (secondary N) is 1. The molecule has 0 fully saturated rings. The molecule has 7 heteroatoms. The van der Waals surface area contributed by atoms with Crippen LogP contribution in [0.15, 0.2) is 13.6 Å². The summed E-state index contributed by atoms with van der Waals surface area (Å²) in [5.41, 5.74) is 0.646. The molecule has 0 aliphatic rings. The minimum atomic E-state index is -0.0733. The Morgan fingerprint density at radius 1 is 1.37 bits per heavy atom. The Labute approximate surface area is 133 Å². The van der Waals surface area contributed by atoms with Gasteiger partial charge in [0.25, 0.3) is 0 Å². The van der Waals surface area contributed by atoms with Crippen molar-refractivity contribution in [3.63, 3.8) is 0 Å². The molecule has 1 rings (SSSR count). The van der Waals surface area contributed by atoms with Gasteiger partial charge in [0.15, 0.2) is 5.78 Å². The number of nitrogens with zero attached hydrogens (tertiary/aromatic N) is 1. The topological polar surface area (TPSA) is 49.4 Å². The summed E-state index contributed by atoms with van der Waals surface area (Å²) in [4.78, 5) is 25.4. The summed E-state index contributed by atoms with van der Waals surface area (Å²) >= 11 is 8.17. The van der Waals surface area contributed by atoms with Crippen molar-refractivity contribution in [1.29, 1.82) is 0 Å². The molecule has 0 saturated carbocycles. The number of amides is 1. The fourth-order valence-corrected chi connectivity index (χ4v) is 4.38. The van der Waals surface area contributed by atoms with E-state index in [4.69, 9.17) is 0 Å². The van der Waals surface area contributed by atoms with Gasteiger partial charge >= 0.3 is 0 Å². The molecular formula is C12H16Br2N2O2S. The van der Waals surface area contributed by atoms with Crippen LogP contribution in [-0.2, 0) is 4.79 Å². The third-order valence-electron chi connectivity index (χ3n) is 2.23. The maximum absolute atomic E-state index is 12.1. The van der Waals surface area contributed by atoms with E-state index < -0.39 is 0 Å². The van der Waals surface area contributed by atoms with Gasteiger partial charge in [-0.3, -0.25) is 14.5 Å².